The van der Waals surface area contributed by atoms with Crippen LogP contribution in [0.5, 0.6) is 0 Å². The molecule has 1 aromatic heterocycles. The number of likely N-dealkylation sites (tertiary alicyclic amines) is 1. The van der Waals surface area contributed by atoms with E-state index in [0.717, 1.165) is 24.8 Å². The SMILES string of the molecule is Cn1nc(NC(=O)N2CCC(Cc3cccc(F)c3)CC2)ccc1=O. The molecule has 2 heterocycles. The first-order chi connectivity index (χ1) is 12.0. The van der Waals surface area contributed by atoms with Crippen LogP contribution in [0.1, 0.15) is 18.4 Å². The van der Waals surface area contributed by atoms with Crippen LogP contribution in [0.25, 0.3) is 0 Å². The quantitative estimate of drug-likeness (QED) is 0.930. The van der Waals surface area contributed by atoms with Gasteiger partial charge in [-0.15, -0.1) is 0 Å². The molecule has 0 spiro atoms. The van der Waals surface area contributed by atoms with Crippen LogP contribution in [0.3, 0.4) is 0 Å². The van der Waals surface area contributed by atoms with Gasteiger partial charge >= 0.3 is 6.03 Å². The summed E-state index contributed by atoms with van der Waals surface area (Å²) in [5, 5.41) is 6.71. The molecule has 1 fully saturated rings. The number of amides is 2. The van der Waals surface area contributed by atoms with Gasteiger partial charge in [-0.05, 0) is 48.9 Å². The minimum Gasteiger partial charge on any atom is -0.324 e. The second-order valence-corrected chi connectivity index (χ2v) is 6.38. The largest absolute Gasteiger partial charge is 0.324 e. The lowest BCUT2D eigenvalue weighted by atomic mass is 9.90. The van der Waals surface area contributed by atoms with Gasteiger partial charge in [-0.2, -0.15) is 5.10 Å². The Balaban J connectivity index is 1.52. The van der Waals surface area contributed by atoms with E-state index in [1.54, 1.807) is 17.0 Å². The molecule has 1 N–H and O–H groups in total. The molecule has 25 heavy (non-hydrogen) atoms. The zero-order chi connectivity index (χ0) is 17.8. The maximum atomic E-state index is 13.3. The van der Waals surface area contributed by atoms with Gasteiger partial charge < -0.3 is 4.90 Å². The number of hydrogen-bond acceptors (Lipinski definition) is 3. The Morgan fingerprint density at radius 1 is 1.28 bits per heavy atom. The van der Waals surface area contributed by atoms with Crippen molar-refractivity contribution in [1.29, 1.82) is 0 Å². The van der Waals surface area contributed by atoms with E-state index in [2.05, 4.69) is 10.4 Å². The van der Waals surface area contributed by atoms with E-state index in [0.29, 0.717) is 24.8 Å². The normalized spacial score (nSPS) is 15.2. The predicted octanol–water partition coefficient (Wildman–Crippen LogP) is 2.41. The standard InChI is InChI=1S/C18H21FN4O2/c1-22-17(24)6-5-16(21-22)20-18(25)23-9-7-13(8-10-23)11-14-3-2-4-15(19)12-14/h2-6,12-13H,7-11H2,1H3,(H,20,21,25). The fourth-order valence-corrected chi connectivity index (χ4v) is 3.10. The van der Waals surface area contributed by atoms with E-state index in [9.17, 15) is 14.0 Å². The highest BCUT2D eigenvalue weighted by atomic mass is 19.1. The first-order valence-electron chi connectivity index (χ1n) is 8.36. The number of rotatable bonds is 3. The molecule has 0 unspecified atom stereocenters. The Morgan fingerprint density at radius 2 is 2.04 bits per heavy atom. The number of halogens is 1. The van der Waals surface area contributed by atoms with Crippen molar-refractivity contribution in [3.63, 3.8) is 0 Å². The molecule has 0 atom stereocenters. The van der Waals surface area contributed by atoms with E-state index in [-0.39, 0.29) is 17.4 Å². The summed E-state index contributed by atoms with van der Waals surface area (Å²) in [6.45, 7) is 1.30. The van der Waals surface area contributed by atoms with Crippen molar-refractivity contribution in [3.05, 3.63) is 58.1 Å². The molecule has 0 saturated carbocycles. The highest BCUT2D eigenvalue weighted by Gasteiger charge is 2.23. The topological polar surface area (TPSA) is 67.2 Å². The third kappa shape index (κ3) is 4.43. The van der Waals surface area contributed by atoms with Gasteiger partial charge in [-0.25, -0.2) is 13.9 Å². The lowest BCUT2D eigenvalue weighted by Crippen LogP contribution is -2.41. The minimum absolute atomic E-state index is 0.209. The van der Waals surface area contributed by atoms with Crippen LogP contribution in [-0.4, -0.2) is 33.8 Å². The number of anilines is 1. The summed E-state index contributed by atoms with van der Waals surface area (Å²) < 4.78 is 14.4. The Hall–Kier alpha value is -2.70. The zero-order valence-electron chi connectivity index (χ0n) is 14.1. The Bertz CT molecular complexity index is 813. The lowest BCUT2D eigenvalue weighted by molar-refractivity contribution is 0.182. The van der Waals surface area contributed by atoms with Crippen LogP contribution in [0.4, 0.5) is 15.0 Å². The van der Waals surface area contributed by atoms with E-state index < -0.39 is 0 Å². The number of nitrogens with zero attached hydrogens (tertiary/aromatic N) is 3. The number of aryl methyl sites for hydroxylation is 1. The van der Waals surface area contributed by atoms with Gasteiger partial charge in [0.1, 0.15) is 5.82 Å². The molecule has 3 rings (SSSR count). The van der Waals surface area contributed by atoms with Gasteiger partial charge in [0.2, 0.25) is 0 Å². The summed E-state index contributed by atoms with van der Waals surface area (Å²) in [6, 6.07) is 9.34. The molecule has 1 saturated heterocycles. The van der Waals surface area contributed by atoms with Gasteiger partial charge in [0.05, 0.1) is 0 Å². The van der Waals surface area contributed by atoms with Gasteiger partial charge in [-0.3, -0.25) is 10.1 Å². The summed E-state index contributed by atoms with van der Waals surface area (Å²) in [4.78, 5) is 25.4. The lowest BCUT2D eigenvalue weighted by Gasteiger charge is -2.32. The fourth-order valence-electron chi connectivity index (χ4n) is 3.10. The molecule has 0 bridgehead atoms. The number of hydrogen-bond donors (Lipinski definition) is 1. The molecule has 0 radical (unpaired) electrons. The molecule has 6 nitrogen and oxygen atoms in total. The van der Waals surface area contributed by atoms with E-state index >= 15 is 0 Å². The fraction of sp³-hybridized carbons (Fsp3) is 0.389. The molecule has 1 aliphatic rings. The number of carbonyl (C=O) groups excluding carboxylic acids is 1. The average molecular weight is 344 g/mol. The molecule has 7 heteroatoms. The van der Waals surface area contributed by atoms with Crippen molar-refractivity contribution in [1.82, 2.24) is 14.7 Å². The molecular formula is C18H21FN4O2. The maximum absolute atomic E-state index is 13.3. The molecule has 2 amide bonds. The number of benzene rings is 1. The van der Waals surface area contributed by atoms with Gasteiger partial charge in [0.15, 0.2) is 5.82 Å². The summed E-state index contributed by atoms with van der Waals surface area (Å²) >= 11 is 0. The Labute approximate surface area is 145 Å². The first kappa shape index (κ1) is 17.1. The molecule has 1 aliphatic heterocycles. The monoisotopic (exact) mass is 344 g/mol. The zero-order valence-corrected chi connectivity index (χ0v) is 14.1. The second kappa shape index (κ2) is 7.46. The van der Waals surface area contributed by atoms with Crippen molar-refractivity contribution in [2.45, 2.75) is 19.3 Å². The number of nitrogens with one attached hydrogen (secondary N) is 1. The number of piperidine rings is 1. The third-order valence-corrected chi connectivity index (χ3v) is 4.51. The van der Waals surface area contributed by atoms with Crippen LogP contribution < -0.4 is 10.9 Å². The van der Waals surface area contributed by atoms with Crippen molar-refractivity contribution in [2.24, 2.45) is 13.0 Å². The number of urea groups is 1. The third-order valence-electron chi connectivity index (χ3n) is 4.51. The number of aromatic nitrogens is 2. The van der Waals surface area contributed by atoms with Crippen LogP contribution in [-0.2, 0) is 13.5 Å². The summed E-state index contributed by atoms with van der Waals surface area (Å²) in [7, 11) is 1.54. The highest BCUT2D eigenvalue weighted by Crippen LogP contribution is 2.22. The minimum atomic E-state index is -0.226. The van der Waals surface area contributed by atoms with E-state index in [1.807, 2.05) is 6.07 Å². The van der Waals surface area contributed by atoms with Crippen LogP contribution in [0, 0.1) is 11.7 Å². The van der Waals surface area contributed by atoms with E-state index in [1.165, 1.54) is 29.9 Å². The molecule has 132 valence electrons. The van der Waals surface area contributed by atoms with Crippen LogP contribution >= 0.6 is 0 Å². The van der Waals surface area contributed by atoms with Crippen molar-refractivity contribution >= 4 is 11.8 Å². The highest BCUT2D eigenvalue weighted by molar-refractivity contribution is 5.88. The average Bonchev–Trinajstić information content (AvgIpc) is 2.59. The van der Waals surface area contributed by atoms with Crippen LogP contribution in [0.2, 0.25) is 0 Å². The van der Waals surface area contributed by atoms with Crippen molar-refractivity contribution in [2.75, 3.05) is 18.4 Å². The molecular weight excluding hydrogens is 323 g/mol. The molecule has 1 aromatic carbocycles. The Kier molecular flexibility index (Phi) is 5.11. The molecule has 2 aromatic rings. The summed E-state index contributed by atoms with van der Waals surface area (Å²) in [5.74, 6) is 0.592. The smallest absolute Gasteiger partial charge is 0.323 e. The maximum Gasteiger partial charge on any atom is 0.323 e. The number of carbonyl (C=O) groups is 1. The van der Waals surface area contributed by atoms with Gasteiger partial charge in [0, 0.05) is 26.2 Å². The van der Waals surface area contributed by atoms with Crippen molar-refractivity contribution in [3.8, 4) is 0 Å². The second-order valence-electron chi connectivity index (χ2n) is 6.38. The first-order valence-corrected chi connectivity index (χ1v) is 8.36. The molecule has 0 aliphatic carbocycles. The Morgan fingerprint density at radius 3 is 2.72 bits per heavy atom. The van der Waals surface area contributed by atoms with Gasteiger partial charge in [0.25, 0.3) is 5.56 Å². The summed E-state index contributed by atoms with van der Waals surface area (Å²) in [5.41, 5.74) is 0.772. The summed E-state index contributed by atoms with van der Waals surface area (Å²) in [6.07, 6.45) is 2.59. The van der Waals surface area contributed by atoms with E-state index in [4.69, 9.17) is 0 Å². The predicted molar refractivity (Wildman–Crippen MR) is 92.9 cm³/mol. The van der Waals surface area contributed by atoms with Crippen LogP contribution in [0.15, 0.2) is 41.2 Å². The van der Waals surface area contributed by atoms with Gasteiger partial charge in [-0.1, -0.05) is 12.1 Å². The van der Waals surface area contributed by atoms with Crippen molar-refractivity contribution < 1.29 is 9.18 Å².